The number of nitrogens with zero attached hydrogens (tertiary/aromatic N) is 4. The Labute approximate surface area is 164 Å². The summed E-state index contributed by atoms with van der Waals surface area (Å²) >= 11 is 0. The van der Waals surface area contributed by atoms with Crippen molar-refractivity contribution in [1.29, 1.82) is 0 Å². The zero-order valence-corrected chi connectivity index (χ0v) is 15.9. The molecular weight excluding hydrogens is 350 g/mol. The minimum Gasteiger partial charge on any atom is -0.311 e. The number of nitrogens with one attached hydrogen (secondary N) is 1. The lowest BCUT2D eigenvalue weighted by Crippen LogP contribution is -2.35. The van der Waals surface area contributed by atoms with Gasteiger partial charge in [0.05, 0.1) is 17.8 Å². The van der Waals surface area contributed by atoms with Crippen LogP contribution in [0.3, 0.4) is 0 Å². The smallest absolute Gasteiger partial charge is 0.228 e. The molecule has 3 aromatic rings. The topological polar surface area (TPSA) is 63.1 Å². The summed E-state index contributed by atoms with van der Waals surface area (Å²) in [5, 5.41) is 8.80. The predicted molar refractivity (Wildman–Crippen MR) is 109 cm³/mol. The van der Waals surface area contributed by atoms with Crippen LogP contribution in [0.1, 0.15) is 37.3 Å². The summed E-state index contributed by atoms with van der Waals surface area (Å²) in [6, 6.07) is 12.7. The van der Waals surface area contributed by atoms with Crippen LogP contribution < -0.4 is 5.32 Å². The van der Waals surface area contributed by atoms with E-state index < -0.39 is 0 Å². The lowest BCUT2D eigenvalue weighted by Gasteiger charge is -2.33. The van der Waals surface area contributed by atoms with E-state index in [1.54, 1.807) is 6.20 Å². The highest BCUT2D eigenvalue weighted by Gasteiger charge is 2.31. The van der Waals surface area contributed by atoms with Crippen LogP contribution >= 0.6 is 0 Å². The van der Waals surface area contributed by atoms with E-state index in [1.807, 2.05) is 23.0 Å². The minimum atomic E-state index is 0.142. The van der Waals surface area contributed by atoms with Gasteiger partial charge in [-0.2, -0.15) is 5.10 Å². The fourth-order valence-electron chi connectivity index (χ4n) is 4.13. The molecule has 2 aromatic heterocycles. The van der Waals surface area contributed by atoms with E-state index in [-0.39, 0.29) is 11.8 Å². The molecule has 5 rings (SSSR count). The third-order valence-electron chi connectivity index (χ3n) is 5.91. The van der Waals surface area contributed by atoms with Gasteiger partial charge in [-0.1, -0.05) is 18.2 Å². The van der Waals surface area contributed by atoms with Crippen LogP contribution in [0.5, 0.6) is 0 Å². The number of aromatic nitrogens is 3. The molecule has 1 saturated carbocycles. The van der Waals surface area contributed by atoms with E-state index in [0.717, 1.165) is 56.7 Å². The summed E-state index contributed by atoms with van der Waals surface area (Å²) < 4.78 is 2.01. The quantitative estimate of drug-likeness (QED) is 0.740. The number of carbonyl (C=O) groups is 1. The summed E-state index contributed by atoms with van der Waals surface area (Å²) in [5.74, 6) is 1.19. The highest BCUT2D eigenvalue weighted by molar-refractivity contribution is 5.93. The molecule has 0 unspecified atom stereocenters. The first-order valence-electron chi connectivity index (χ1n) is 10.2. The molecule has 3 heterocycles. The van der Waals surface area contributed by atoms with Gasteiger partial charge in [0.15, 0.2) is 0 Å². The molecule has 2 fully saturated rings. The monoisotopic (exact) mass is 375 g/mol. The number of pyridine rings is 1. The van der Waals surface area contributed by atoms with Crippen LogP contribution in [-0.4, -0.2) is 38.7 Å². The molecule has 1 aromatic carbocycles. The first kappa shape index (κ1) is 17.4. The van der Waals surface area contributed by atoms with Crippen molar-refractivity contribution in [2.75, 3.05) is 18.4 Å². The van der Waals surface area contributed by atoms with Crippen molar-refractivity contribution in [3.63, 3.8) is 0 Å². The molecule has 1 aliphatic carbocycles. The van der Waals surface area contributed by atoms with Crippen molar-refractivity contribution >= 4 is 22.6 Å². The Morgan fingerprint density at radius 3 is 2.68 bits per heavy atom. The molecule has 2 aliphatic rings. The Morgan fingerprint density at radius 2 is 1.86 bits per heavy atom. The van der Waals surface area contributed by atoms with Crippen LogP contribution in [0.25, 0.3) is 10.9 Å². The minimum absolute atomic E-state index is 0.142. The SMILES string of the molecule is O=C(Nc1ccnn1C1CCN(Cc2ccnc3ccccc23)CC1)C1CC1. The average Bonchev–Trinajstić information content (AvgIpc) is 3.49. The second-order valence-corrected chi connectivity index (χ2v) is 7.92. The molecule has 6 heteroatoms. The number of fused-ring (bicyclic) bond motifs is 1. The lowest BCUT2D eigenvalue weighted by molar-refractivity contribution is -0.117. The average molecular weight is 375 g/mol. The fraction of sp³-hybridized carbons (Fsp3) is 0.409. The number of para-hydroxylation sites is 1. The van der Waals surface area contributed by atoms with Gasteiger partial charge in [0.1, 0.15) is 5.82 Å². The Balaban J connectivity index is 1.23. The van der Waals surface area contributed by atoms with Gasteiger partial charge in [-0.3, -0.25) is 14.7 Å². The van der Waals surface area contributed by atoms with Crippen molar-refractivity contribution in [2.24, 2.45) is 5.92 Å². The van der Waals surface area contributed by atoms with E-state index >= 15 is 0 Å². The molecule has 0 radical (unpaired) electrons. The van der Waals surface area contributed by atoms with Crippen molar-refractivity contribution in [3.8, 4) is 0 Å². The van der Waals surface area contributed by atoms with E-state index in [4.69, 9.17) is 0 Å². The molecule has 6 nitrogen and oxygen atoms in total. The Hall–Kier alpha value is -2.73. The van der Waals surface area contributed by atoms with E-state index in [9.17, 15) is 4.79 Å². The van der Waals surface area contributed by atoms with Crippen LogP contribution in [0.15, 0.2) is 48.8 Å². The molecule has 1 aliphatic heterocycles. The van der Waals surface area contributed by atoms with Gasteiger partial charge in [0, 0.05) is 43.2 Å². The van der Waals surface area contributed by atoms with Crippen LogP contribution in [-0.2, 0) is 11.3 Å². The summed E-state index contributed by atoms with van der Waals surface area (Å²) in [5.41, 5.74) is 2.39. The third kappa shape index (κ3) is 3.52. The van der Waals surface area contributed by atoms with Gasteiger partial charge in [0.2, 0.25) is 5.91 Å². The van der Waals surface area contributed by atoms with Gasteiger partial charge < -0.3 is 5.32 Å². The van der Waals surface area contributed by atoms with Gasteiger partial charge in [-0.25, -0.2) is 4.68 Å². The Bertz CT molecular complexity index is 980. The molecule has 1 N–H and O–H groups in total. The number of rotatable bonds is 5. The van der Waals surface area contributed by atoms with Gasteiger partial charge in [0.25, 0.3) is 0 Å². The van der Waals surface area contributed by atoms with Crippen LogP contribution in [0, 0.1) is 5.92 Å². The summed E-state index contributed by atoms with van der Waals surface area (Å²) in [6.45, 7) is 2.99. The number of benzene rings is 1. The summed E-state index contributed by atoms with van der Waals surface area (Å²) in [6.07, 6.45) is 7.80. The largest absolute Gasteiger partial charge is 0.311 e. The summed E-state index contributed by atoms with van der Waals surface area (Å²) in [7, 11) is 0. The maximum atomic E-state index is 12.1. The molecular formula is C22H25N5O. The molecule has 0 atom stereocenters. The van der Waals surface area contributed by atoms with Crippen molar-refractivity contribution in [1.82, 2.24) is 19.7 Å². The second kappa shape index (κ2) is 7.36. The van der Waals surface area contributed by atoms with E-state index in [1.165, 1.54) is 10.9 Å². The molecule has 1 saturated heterocycles. The van der Waals surface area contributed by atoms with Gasteiger partial charge in [-0.05, 0) is 43.4 Å². The molecule has 0 bridgehead atoms. The Morgan fingerprint density at radius 1 is 1.04 bits per heavy atom. The number of hydrogen-bond donors (Lipinski definition) is 1. The predicted octanol–water partition coefficient (Wildman–Crippen LogP) is 3.62. The first-order chi connectivity index (χ1) is 13.8. The maximum absolute atomic E-state index is 12.1. The standard InChI is InChI=1S/C22H25N5O/c28-22(16-5-6-16)25-21-8-12-24-27(21)18-9-13-26(14-10-18)15-17-7-11-23-20-4-2-1-3-19(17)20/h1-4,7-8,11-12,16,18H,5-6,9-10,13-15H2,(H,25,28). The maximum Gasteiger partial charge on any atom is 0.228 e. The van der Waals surface area contributed by atoms with Gasteiger partial charge >= 0.3 is 0 Å². The zero-order valence-electron chi connectivity index (χ0n) is 15.9. The number of likely N-dealkylation sites (tertiary alicyclic amines) is 1. The molecule has 0 spiro atoms. The Kier molecular flexibility index (Phi) is 4.56. The number of hydrogen-bond acceptors (Lipinski definition) is 4. The lowest BCUT2D eigenvalue weighted by atomic mass is 10.0. The van der Waals surface area contributed by atoms with Crippen LogP contribution in [0.2, 0.25) is 0 Å². The van der Waals surface area contributed by atoms with Crippen molar-refractivity contribution in [2.45, 2.75) is 38.3 Å². The zero-order chi connectivity index (χ0) is 18.9. The fourth-order valence-corrected chi connectivity index (χ4v) is 4.13. The second-order valence-electron chi connectivity index (χ2n) is 7.92. The number of amides is 1. The molecule has 1 amide bonds. The number of anilines is 1. The van der Waals surface area contributed by atoms with E-state index in [0.29, 0.717) is 6.04 Å². The number of carbonyl (C=O) groups excluding carboxylic acids is 1. The van der Waals surface area contributed by atoms with Gasteiger partial charge in [-0.15, -0.1) is 0 Å². The van der Waals surface area contributed by atoms with Crippen molar-refractivity contribution < 1.29 is 4.79 Å². The highest BCUT2D eigenvalue weighted by Crippen LogP contribution is 2.31. The normalized spacial score (nSPS) is 18.4. The third-order valence-corrected chi connectivity index (χ3v) is 5.91. The first-order valence-corrected chi connectivity index (χ1v) is 10.2. The number of piperidine rings is 1. The van der Waals surface area contributed by atoms with Crippen molar-refractivity contribution in [3.05, 3.63) is 54.4 Å². The van der Waals surface area contributed by atoms with Crippen LogP contribution in [0.4, 0.5) is 5.82 Å². The molecule has 144 valence electrons. The summed E-state index contributed by atoms with van der Waals surface area (Å²) in [4.78, 5) is 19.1. The highest BCUT2D eigenvalue weighted by atomic mass is 16.2. The molecule has 28 heavy (non-hydrogen) atoms. The van der Waals surface area contributed by atoms with E-state index in [2.05, 4.69) is 44.6 Å².